The maximum absolute atomic E-state index is 13.0. The van der Waals surface area contributed by atoms with Crippen LogP contribution in [0, 0.1) is 0 Å². The van der Waals surface area contributed by atoms with Gasteiger partial charge in [-0.2, -0.15) is 0 Å². The first-order valence-corrected chi connectivity index (χ1v) is 9.71. The van der Waals surface area contributed by atoms with Gasteiger partial charge in [0.1, 0.15) is 0 Å². The smallest absolute Gasteiger partial charge is 0.274 e. The van der Waals surface area contributed by atoms with Crippen LogP contribution in [0.5, 0.6) is 0 Å². The van der Waals surface area contributed by atoms with E-state index in [1.807, 2.05) is 42.5 Å². The molecule has 154 valence electrons. The number of rotatable bonds is 6. The molecule has 2 aromatic heterocycles. The third-order valence-electron chi connectivity index (χ3n) is 4.53. The lowest BCUT2D eigenvalue weighted by Crippen LogP contribution is -2.23. The Labute approximate surface area is 179 Å². The van der Waals surface area contributed by atoms with Crippen LogP contribution in [0.25, 0.3) is 22.8 Å². The van der Waals surface area contributed by atoms with Crippen LogP contribution < -0.4 is 10.6 Å². The lowest BCUT2D eigenvalue weighted by Gasteiger charge is -2.06. The largest absolute Gasteiger partial charge is 0.435 e. The van der Waals surface area contributed by atoms with Gasteiger partial charge in [-0.25, -0.2) is 4.98 Å². The lowest BCUT2D eigenvalue weighted by molar-refractivity contribution is -0.114. The van der Waals surface area contributed by atoms with E-state index in [0.717, 1.165) is 11.1 Å². The molecule has 0 aliphatic rings. The van der Waals surface area contributed by atoms with Crippen molar-refractivity contribution in [3.63, 3.8) is 0 Å². The monoisotopic (exact) mass is 412 g/mol. The minimum Gasteiger partial charge on any atom is -0.435 e. The van der Waals surface area contributed by atoms with Crippen LogP contribution in [0.1, 0.15) is 23.0 Å². The molecule has 0 unspecified atom stereocenters. The molecule has 2 amide bonds. The van der Waals surface area contributed by atoms with Crippen LogP contribution in [0.15, 0.2) is 83.5 Å². The van der Waals surface area contributed by atoms with Gasteiger partial charge in [0.15, 0.2) is 11.5 Å². The Kier molecular flexibility index (Phi) is 5.84. The fourth-order valence-corrected chi connectivity index (χ4v) is 3.05. The number of pyridine rings is 1. The highest BCUT2D eigenvalue weighted by atomic mass is 16.4. The number of anilines is 1. The SMILES string of the molecule is CC(=O)Nc1ccc(-c2oc(-c3ccccc3)nc2C(=O)NCc2ccncc2)cc1. The maximum Gasteiger partial charge on any atom is 0.274 e. The number of nitrogens with one attached hydrogen (secondary N) is 2. The van der Waals surface area contributed by atoms with Crippen LogP contribution in [-0.2, 0) is 11.3 Å². The molecule has 7 nitrogen and oxygen atoms in total. The second-order valence-corrected chi connectivity index (χ2v) is 6.86. The molecule has 31 heavy (non-hydrogen) atoms. The van der Waals surface area contributed by atoms with Crippen LogP contribution >= 0.6 is 0 Å². The van der Waals surface area contributed by atoms with Crippen LogP contribution in [0.3, 0.4) is 0 Å². The topological polar surface area (TPSA) is 97.1 Å². The molecular weight excluding hydrogens is 392 g/mol. The molecule has 0 fully saturated rings. The van der Waals surface area contributed by atoms with Gasteiger partial charge in [-0.15, -0.1) is 0 Å². The number of hydrogen-bond acceptors (Lipinski definition) is 5. The highest BCUT2D eigenvalue weighted by Crippen LogP contribution is 2.30. The standard InChI is InChI=1S/C24H20N4O3/c1-16(29)27-20-9-7-18(8-10-20)22-21(23(30)26-15-17-11-13-25-14-12-17)28-24(31-22)19-5-3-2-4-6-19/h2-14H,15H2,1H3,(H,26,30)(H,27,29). The Morgan fingerprint density at radius 1 is 0.903 bits per heavy atom. The maximum atomic E-state index is 13.0. The van der Waals surface area contributed by atoms with Gasteiger partial charge < -0.3 is 15.1 Å². The Morgan fingerprint density at radius 3 is 2.29 bits per heavy atom. The van der Waals surface area contributed by atoms with Crippen molar-refractivity contribution in [2.24, 2.45) is 0 Å². The summed E-state index contributed by atoms with van der Waals surface area (Å²) >= 11 is 0. The lowest BCUT2D eigenvalue weighted by atomic mass is 10.1. The summed E-state index contributed by atoms with van der Waals surface area (Å²) in [6.45, 7) is 1.79. The second-order valence-electron chi connectivity index (χ2n) is 6.86. The van der Waals surface area contributed by atoms with Crippen LogP contribution in [0.4, 0.5) is 5.69 Å². The van der Waals surface area contributed by atoms with Gasteiger partial charge in [0.05, 0.1) is 0 Å². The molecule has 0 aliphatic carbocycles. The third-order valence-corrected chi connectivity index (χ3v) is 4.53. The van der Waals surface area contributed by atoms with Gasteiger partial charge >= 0.3 is 0 Å². The van der Waals surface area contributed by atoms with E-state index in [1.54, 1.807) is 36.7 Å². The zero-order valence-corrected chi connectivity index (χ0v) is 16.8. The highest BCUT2D eigenvalue weighted by Gasteiger charge is 2.22. The van der Waals surface area contributed by atoms with E-state index in [9.17, 15) is 9.59 Å². The number of nitrogens with zero attached hydrogens (tertiary/aromatic N) is 2. The zero-order chi connectivity index (χ0) is 21.6. The van der Waals surface area contributed by atoms with E-state index in [-0.39, 0.29) is 17.5 Å². The first-order valence-electron chi connectivity index (χ1n) is 9.71. The average Bonchev–Trinajstić information content (AvgIpc) is 3.24. The number of carbonyl (C=O) groups excluding carboxylic acids is 2. The van der Waals surface area contributed by atoms with Crippen LogP contribution in [0.2, 0.25) is 0 Å². The molecule has 4 rings (SSSR count). The van der Waals surface area contributed by atoms with Crippen molar-refractivity contribution in [2.75, 3.05) is 5.32 Å². The van der Waals surface area contributed by atoms with Crippen molar-refractivity contribution in [2.45, 2.75) is 13.5 Å². The molecule has 0 saturated carbocycles. The predicted octanol–water partition coefficient (Wildman–Crippen LogP) is 4.29. The fraction of sp³-hybridized carbons (Fsp3) is 0.0833. The third kappa shape index (κ3) is 4.84. The Balaban J connectivity index is 1.66. The van der Waals surface area contributed by atoms with Crippen molar-refractivity contribution >= 4 is 17.5 Å². The molecule has 0 radical (unpaired) electrons. The van der Waals surface area contributed by atoms with Crippen molar-refractivity contribution in [3.8, 4) is 22.8 Å². The number of benzene rings is 2. The van der Waals surface area contributed by atoms with E-state index >= 15 is 0 Å². The summed E-state index contributed by atoms with van der Waals surface area (Å²) < 4.78 is 6.01. The quantitative estimate of drug-likeness (QED) is 0.492. The molecule has 0 spiro atoms. The summed E-state index contributed by atoms with van der Waals surface area (Å²) in [5, 5.41) is 5.60. The number of oxazole rings is 1. The number of hydrogen-bond donors (Lipinski definition) is 2. The normalized spacial score (nSPS) is 10.5. The molecule has 2 N–H and O–H groups in total. The second kappa shape index (κ2) is 9.04. The van der Waals surface area contributed by atoms with Gasteiger partial charge in [-0.3, -0.25) is 14.6 Å². The summed E-state index contributed by atoms with van der Waals surface area (Å²) in [6.07, 6.45) is 3.35. The number of carbonyl (C=O) groups is 2. The van der Waals surface area contributed by atoms with Crippen molar-refractivity contribution in [1.29, 1.82) is 0 Å². The average molecular weight is 412 g/mol. The molecule has 0 atom stereocenters. The summed E-state index contributed by atoms with van der Waals surface area (Å²) in [4.78, 5) is 32.7. The summed E-state index contributed by atoms with van der Waals surface area (Å²) in [5.41, 5.74) is 3.23. The van der Waals surface area contributed by atoms with E-state index in [4.69, 9.17) is 4.42 Å². The van der Waals surface area contributed by atoms with E-state index in [1.165, 1.54) is 6.92 Å². The van der Waals surface area contributed by atoms with Crippen molar-refractivity contribution < 1.29 is 14.0 Å². The first-order chi connectivity index (χ1) is 15.1. The Morgan fingerprint density at radius 2 is 1.61 bits per heavy atom. The van der Waals surface area contributed by atoms with Gasteiger partial charge in [0.25, 0.3) is 5.91 Å². The fourth-order valence-electron chi connectivity index (χ4n) is 3.05. The summed E-state index contributed by atoms with van der Waals surface area (Å²) in [6, 6.07) is 20.1. The van der Waals surface area contributed by atoms with Gasteiger partial charge in [-0.05, 0) is 54.1 Å². The number of amides is 2. The molecule has 0 aliphatic heterocycles. The zero-order valence-electron chi connectivity index (χ0n) is 16.8. The molecule has 0 saturated heterocycles. The molecule has 2 aromatic carbocycles. The van der Waals surface area contributed by atoms with E-state index < -0.39 is 0 Å². The van der Waals surface area contributed by atoms with Crippen molar-refractivity contribution in [1.82, 2.24) is 15.3 Å². The molecular formula is C24H20N4O3. The first kappa shape index (κ1) is 20.0. The predicted molar refractivity (Wildman–Crippen MR) is 117 cm³/mol. The Hall–Kier alpha value is -4.26. The minimum atomic E-state index is -0.344. The molecule has 2 heterocycles. The molecule has 4 aromatic rings. The van der Waals surface area contributed by atoms with Gasteiger partial charge in [0, 0.05) is 42.7 Å². The van der Waals surface area contributed by atoms with Gasteiger partial charge in [-0.1, -0.05) is 18.2 Å². The summed E-state index contributed by atoms with van der Waals surface area (Å²) in [5.74, 6) is 0.217. The molecule has 7 heteroatoms. The Bertz CT molecular complexity index is 1190. The number of aromatic nitrogens is 2. The highest BCUT2D eigenvalue weighted by molar-refractivity contribution is 5.98. The van der Waals surface area contributed by atoms with E-state index in [0.29, 0.717) is 29.4 Å². The summed E-state index contributed by atoms with van der Waals surface area (Å²) in [7, 11) is 0. The minimum absolute atomic E-state index is 0.157. The molecule has 0 bridgehead atoms. The van der Waals surface area contributed by atoms with Crippen molar-refractivity contribution in [3.05, 3.63) is 90.4 Å². The van der Waals surface area contributed by atoms with Crippen LogP contribution in [-0.4, -0.2) is 21.8 Å². The van der Waals surface area contributed by atoms with Gasteiger partial charge in [0.2, 0.25) is 11.8 Å². The van der Waals surface area contributed by atoms with E-state index in [2.05, 4.69) is 20.6 Å².